The molecule has 0 saturated heterocycles. The van der Waals surface area contributed by atoms with Gasteiger partial charge in [-0.05, 0) is 32.4 Å². The quantitative estimate of drug-likeness (QED) is 0.569. The summed E-state index contributed by atoms with van der Waals surface area (Å²) in [6.45, 7) is 18.3. The molecule has 0 spiro atoms. The van der Waals surface area contributed by atoms with Crippen LogP contribution in [0.1, 0.15) is 40.0 Å². The van der Waals surface area contributed by atoms with Crippen molar-refractivity contribution in [1.82, 2.24) is 4.90 Å². The minimum absolute atomic E-state index is 0.773. The molecule has 0 bridgehead atoms. The maximum absolute atomic E-state index is 4.04. The van der Waals surface area contributed by atoms with E-state index in [1.807, 2.05) is 0 Å². The molecule has 1 nitrogen and oxygen atoms in total. The topological polar surface area (TPSA) is 3.24 Å². The zero-order valence-corrected chi connectivity index (χ0v) is 12.3. The molecular weight excluding hydrogens is 198 g/mol. The van der Waals surface area contributed by atoms with E-state index in [-0.39, 0.29) is 0 Å². The van der Waals surface area contributed by atoms with Crippen molar-refractivity contribution in [3.8, 4) is 0 Å². The van der Waals surface area contributed by atoms with Gasteiger partial charge >= 0.3 is 0 Å². The highest BCUT2D eigenvalue weighted by Gasteiger charge is 2.31. The summed E-state index contributed by atoms with van der Waals surface area (Å²) in [6, 6.07) is 0. The van der Waals surface area contributed by atoms with Crippen molar-refractivity contribution in [1.29, 1.82) is 0 Å². The number of hydrogen-bond donors (Lipinski definition) is 0. The Morgan fingerprint density at radius 3 is 1.87 bits per heavy atom. The van der Waals surface area contributed by atoms with Crippen LogP contribution in [0.2, 0.25) is 13.1 Å². The fraction of sp³-hybridized carbons (Fsp3) is 0.846. The van der Waals surface area contributed by atoms with Crippen LogP contribution in [0.3, 0.4) is 0 Å². The molecule has 0 aliphatic heterocycles. The zero-order valence-electron chi connectivity index (χ0n) is 11.3. The summed E-state index contributed by atoms with van der Waals surface area (Å²) in [5, 5.41) is 0. The zero-order chi connectivity index (χ0) is 11.9. The predicted octanol–water partition coefficient (Wildman–Crippen LogP) is 3.86. The van der Waals surface area contributed by atoms with Crippen LogP contribution >= 0.6 is 0 Å². The Morgan fingerprint density at radius 1 is 1.13 bits per heavy atom. The third-order valence-corrected chi connectivity index (χ3v) is 6.78. The molecule has 15 heavy (non-hydrogen) atoms. The van der Waals surface area contributed by atoms with Crippen LogP contribution in [-0.2, 0) is 0 Å². The second-order valence-corrected chi connectivity index (χ2v) is 9.70. The molecule has 0 rings (SSSR count). The van der Waals surface area contributed by atoms with Crippen molar-refractivity contribution < 1.29 is 0 Å². The Balaban J connectivity index is 4.63. The van der Waals surface area contributed by atoms with Gasteiger partial charge in [-0.2, -0.15) is 0 Å². The second-order valence-electron chi connectivity index (χ2n) is 4.99. The molecular formula is C13H29NSi. The monoisotopic (exact) mass is 227 g/mol. The Hall–Kier alpha value is -0.0831. The highest BCUT2D eigenvalue weighted by molar-refractivity contribution is 6.83. The van der Waals surface area contributed by atoms with Crippen molar-refractivity contribution in [3.05, 3.63) is 12.3 Å². The molecule has 0 amide bonds. The Kier molecular flexibility index (Phi) is 7.19. The standard InChI is InChI=1S/C13H29NSi/c1-7-11-14(12-8-2)13(9-3)15(5,6)10-4/h10,13H,4,7-9,11-12H2,1-3,5-6H3. The summed E-state index contributed by atoms with van der Waals surface area (Å²) < 4.78 is 0. The minimum atomic E-state index is -1.25. The first kappa shape index (κ1) is 14.9. The van der Waals surface area contributed by atoms with Crippen LogP contribution in [0.5, 0.6) is 0 Å². The maximum atomic E-state index is 4.04. The summed E-state index contributed by atoms with van der Waals surface area (Å²) in [5.74, 6) is 0. The van der Waals surface area contributed by atoms with E-state index >= 15 is 0 Å². The normalized spacial score (nSPS) is 14.3. The summed E-state index contributed by atoms with van der Waals surface area (Å²) in [4.78, 5) is 2.69. The van der Waals surface area contributed by atoms with Crippen LogP contribution < -0.4 is 0 Å². The summed E-state index contributed by atoms with van der Waals surface area (Å²) in [7, 11) is -1.25. The van der Waals surface area contributed by atoms with Gasteiger partial charge in [0.2, 0.25) is 0 Å². The molecule has 90 valence electrons. The predicted molar refractivity (Wildman–Crippen MR) is 73.9 cm³/mol. The third-order valence-electron chi connectivity index (χ3n) is 3.23. The number of rotatable bonds is 8. The molecule has 0 fully saturated rings. The molecule has 0 radical (unpaired) electrons. The van der Waals surface area contributed by atoms with E-state index < -0.39 is 8.07 Å². The van der Waals surface area contributed by atoms with Gasteiger partial charge in [0.05, 0.1) is 8.07 Å². The van der Waals surface area contributed by atoms with Crippen LogP contribution in [0.15, 0.2) is 12.3 Å². The molecule has 0 aromatic rings. The lowest BCUT2D eigenvalue weighted by Gasteiger charge is -2.39. The van der Waals surface area contributed by atoms with Crippen molar-refractivity contribution in [3.63, 3.8) is 0 Å². The van der Waals surface area contributed by atoms with Gasteiger partial charge in [-0.3, -0.25) is 0 Å². The molecule has 0 aliphatic carbocycles. The lowest BCUT2D eigenvalue weighted by Crippen LogP contribution is -2.52. The van der Waals surface area contributed by atoms with Crippen LogP contribution in [0.25, 0.3) is 0 Å². The molecule has 2 heteroatoms. The minimum Gasteiger partial charge on any atom is -0.303 e. The second kappa shape index (κ2) is 7.23. The van der Waals surface area contributed by atoms with E-state index in [0.29, 0.717) is 0 Å². The first-order valence-corrected chi connectivity index (χ1v) is 9.56. The van der Waals surface area contributed by atoms with E-state index in [9.17, 15) is 0 Å². The highest BCUT2D eigenvalue weighted by atomic mass is 28.3. The van der Waals surface area contributed by atoms with Crippen LogP contribution in [0.4, 0.5) is 0 Å². The van der Waals surface area contributed by atoms with Crippen molar-refractivity contribution in [2.75, 3.05) is 13.1 Å². The smallest absolute Gasteiger partial charge is 0.0893 e. The molecule has 0 saturated carbocycles. The van der Waals surface area contributed by atoms with Gasteiger partial charge in [-0.1, -0.05) is 33.9 Å². The van der Waals surface area contributed by atoms with Gasteiger partial charge in [-0.15, -0.1) is 12.3 Å². The van der Waals surface area contributed by atoms with Gasteiger partial charge in [0.25, 0.3) is 0 Å². The average Bonchev–Trinajstić information content (AvgIpc) is 2.19. The van der Waals surface area contributed by atoms with Gasteiger partial charge in [0.1, 0.15) is 0 Å². The van der Waals surface area contributed by atoms with Gasteiger partial charge in [-0.25, -0.2) is 0 Å². The fourth-order valence-corrected chi connectivity index (χ4v) is 4.91. The van der Waals surface area contributed by atoms with E-state index in [1.165, 1.54) is 32.4 Å². The Labute approximate surface area is 97.6 Å². The number of hydrogen-bond acceptors (Lipinski definition) is 1. The largest absolute Gasteiger partial charge is 0.303 e. The molecule has 1 atom stereocenters. The van der Waals surface area contributed by atoms with Crippen LogP contribution in [0, 0.1) is 0 Å². The van der Waals surface area contributed by atoms with Gasteiger partial charge in [0.15, 0.2) is 0 Å². The van der Waals surface area contributed by atoms with Crippen molar-refractivity contribution in [2.45, 2.75) is 58.8 Å². The highest BCUT2D eigenvalue weighted by Crippen LogP contribution is 2.19. The lowest BCUT2D eigenvalue weighted by atomic mass is 10.3. The van der Waals surface area contributed by atoms with Crippen LogP contribution in [-0.4, -0.2) is 31.7 Å². The number of nitrogens with zero attached hydrogens (tertiary/aromatic N) is 1. The van der Waals surface area contributed by atoms with Crippen molar-refractivity contribution >= 4 is 8.07 Å². The maximum Gasteiger partial charge on any atom is 0.0893 e. The molecule has 1 unspecified atom stereocenters. The molecule has 0 N–H and O–H groups in total. The molecule has 0 heterocycles. The molecule has 0 aromatic heterocycles. The van der Waals surface area contributed by atoms with E-state index in [1.54, 1.807) is 0 Å². The fourth-order valence-electron chi connectivity index (χ4n) is 2.39. The first-order chi connectivity index (χ1) is 7.03. The van der Waals surface area contributed by atoms with E-state index in [2.05, 4.69) is 51.0 Å². The van der Waals surface area contributed by atoms with Crippen molar-refractivity contribution in [2.24, 2.45) is 0 Å². The Bertz CT molecular complexity index is 171. The molecule has 0 aromatic carbocycles. The SMILES string of the molecule is C=C[Si](C)(C)C(CC)N(CCC)CCC. The summed E-state index contributed by atoms with van der Waals surface area (Å²) >= 11 is 0. The summed E-state index contributed by atoms with van der Waals surface area (Å²) in [5.41, 5.74) is 3.02. The van der Waals surface area contributed by atoms with E-state index in [0.717, 1.165) is 5.67 Å². The Morgan fingerprint density at radius 2 is 1.60 bits per heavy atom. The van der Waals surface area contributed by atoms with Gasteiger partial charge in [0, 0.05) is 5.67 Å². The summed E-state index contributed by atoms with van der Waals surface area (Å²) in [6.07, 6.45) is 3.79. The first-order valence-electron chi connectivity index (χ1n) is 6.41. The lowest BCUT2D eigenvalue weighted by molar-refractivity contribution is 0.240. The molecule has 0 aliphatic rings. The van der Waals surface area contributed by atoms with Gasteiger partial charge < -0.3 is 4.90 Å². The third kappa shape index (κ3) is 4.52. The van der Waals surface area contributed by atoms with E-state index in [4.69, 9.17) is 0 Å². The average molecular weight is 227 g/mol.